The van der Waals surface area contributed by atoms with Crippen molar-refractivity contribution in [1.82, 2.24) is 9.97 Å². The van der Waals surface area contributed by atoms with Crippen LogP contribution in [0.25, 0.3) is 33.6 Å². The van der Waals surface area contributed by atoms with E-state index in [9.17, 15) is 9.59 Å². The first kappa shape index (κ1) is 28.2. The third kappa shape index (κ3) is 5.47. The minimum atomic E-state index is -0.565. The summed E-state index contributed by atoms with van der Waals surface area (Å²) >= 11 is 0. The Morgan fingerprint density at radius 3 is 1.18 bits per heavy atom. The summed E-state index contributed by atoms with van der Waals surface area (Å²) in [5.41, 5.74) is 3.59. The van der Waals surface area contributed by atoms with E-state index in [4.69, 9.17) is 28.4 Å². The SMILES string of the molecule is CCOC(=O)c1c(-c2cc(OC)cc(OC)c2)c[nH]c1-c1[nH]cc(-c2cc(OC)cc(OC)c2)c1C(=O)OCC. The molecule has 0 unspecified atom stereocenters. The molecule has 0 aliphatic carbocycles. The molecule has 0 atom stereocenters. The molecule has 2 aromatic heterocycles. The van der Waals surface area contributed by atoms with E-state index in [-0.39, 0.29) is 24.3 Å². The van der Waals surface area contributed by atoms with Gasteiger partial charge in [0.25, 0.3) is 0 Å². The highest BCUT2D eigenvalue weighted by Crippen LogP contribution is 2.41. The second-order valence-corrected chi connectivity index (χ2v) is 8.55. The van der Waals surface area contributed by atoms with Crippen LogP contribution in [0.15, 0.2) is 48.8 Å². The number of methoxy groups -OCH3 is 4. The fourth-order valence-corrected chi connectivity index (χ4v) is 4.45. The number of esters is 2. The molecule has 10 heteroatoms. The number of aromatic nitrogens is 2. The number of H-pyrrole nitrogens is 2. The number of aromatic amines is 2. The Kier molecular flexibility index (Phi) is 8.68. The molecule has 0 spiro atoms. The summed E-state index contributed by atoms with van der Waals surface area (Å²) in [7, 11) is 6.19. The van der Waals surface area contributed by atoms with Crippen molar-refractivity contribution in [3.8, 4) is 56.6 Å². The van der Waals surface area contributed by atoms with Crippen molar-refractivity contribution >= 4 is 11.9 Å². The van der Waals surface area contributed by atoms with Crippen LogP contribution in [0.4, 0.5) is 0 Å². The number of carbonyl (C=O) groups is 2. The standard InChI is InChI=1S/C30H32N2O8/c1-7-39-29(33)25-23(17-9-19(35-3)13-20(10-17)36-4)15-31-27(25)28-26(30(34)40-8-2)24(16-32-28)18-11-21(37-5)14-22(12-18)38-6/h9-16,31-32H,7-8H2,1-6H3. The van der Waals surface area contributed by atoms with Gasteiger partial charge in [-0.05, 0) is 49.2 Å². The molecule has 0 radical (unpaired) electrons. The maximum absolute atomic E-state index is 13.4. The molecule has 0 amide bonds. The van der Waals surface area contributed by atoms with Crippen LogP contribution in [-0.4, -0.2) is 63.6 Å². The fraction of sp³-hybridized carbons (Fsp3) is 0.267. The van der Waals surface area contributed by atoms with Gasteiger partial charge in [-0.25, -0.2) is 9.59 Å². The first-order valence-electron chi connectivity index (χ1n) is 12.6. The zero-order valence-corrected chi connectivity index (χ0v) is 23.3. The van der Waals surface area contributed by atoms with E-state index in [1.807, 2.05) is 0 Å². The van der Waals surface area contributed by atoms with Crippen LogP contribution in [-0.2, 0) is 9.47 Å². The summed E-state index contributed by atoms with van der Waals surface area (Å²) < 4.78 is 32.6. The summed E-state index contributed by atoms with van der Waals surface area (Å²) in [5, 5.41) is 0. The number of benzene rings is 2. The van der Waals surface area contributed by atoms with Gasteiger partial charge in [-0.3, -0.25) is 0 Å². The van der Waals surface area contributed by atoms with Crippen LogP contribution in [0.2, 0.25) is 0 Å². The molecular formula is C30H32N2O8. The van der Waals surface area contributed by atoms with Gasteiger partial charge in [0.15, 0.2) is 0 Å². The Balaban J connectivity index is 1.98. The van der Waals surface area contributed by atoms with Gasteiger partial charge >= 0.3 is 11.9 Å². The highest BCUT2D eigenvalue weighted by molar-refractivity contribution is 6.09. The molecule has 0 bridgehead atoms. The van der Waals surface area contributed by atoms with E-state index in [1.165, 1.54) is 0 Å². The van der Waals surface area contributed by atoms with Gasteiger partial charge in [-0.2, -0.15) is 0 Å². The van der Waals surface area contributed by atoms with Crippen LogP contribution in [0.3, 0.4) is 0 Å². The third-order valence-electron chi connectivity index (χ3n) is 6.29. The molecule has 2 N–H and O–H groups in total. The first-order valence-corrected chi connectivity index (χ1v) is 12.6. The van der Waals surface area contributed by atoms with E-state index in [2.05, 4.69) is 9.97 Å². The third-order valence-corrected chi connectivity index (χ3v) is 6.29. The molecule has 0 aliphatic rings. The highest BCUT2D eigenvalue weighted by atomic mass is 16.5. The predicted octanol–water partition coefficient (Wildman–Crippen LogP) is 5.73. The number of hydrogen-bond acceptors (Lipinski definition) is 8. The van der Waals surface area contributed by atoms with Crippen LogP contribution < -0.4 is 18.9 Å². The van der Waals surface area contributed by atoms with Crippen molar-refractivity contribution in [3.05, 3.63) is 59.9 Å². The largest absolute Gasteiger partial charge is 0.497 e. The second-order valence-electron chi connectivity index (χ2n) is 8.55. The fourth-order valence-electron chi connectivity index (χ4n) is 4.45. The van der Waals surface area contributed by atoms with Crippen LogP contribution >= 0.6 is 0 Å². The Morgan fingerprint density at radius 2 is 0.900 bits per heavy atom. The minimum Gasteiger partial charge on any atom is -0.497 e. The average molecular weight is 549 g/mol. The van der Waals surface area contributed by atoms with Crippen molar-refractivity contribution in [1.29, 1.82) is 0 Å². The topological polar surface area (TPSA) is 121 Å². The molecule has 2 heterocycles. The Bertz CT molecular complexity index is 1360. The predicted molar refractivity (Wildman–Crippen MR) is 150 cm³/mol. The minimum absolute atomic E-state index is 0.161. The van der Waals surface area contributed by atoms with Gasteiger partial charge in [0.05, 0.1) is 64.2 Å². The van der Waals surface area contributed by atoms with Gasteiger partial charge in [0.2, 0.25) is 0 Å². The lowest BCUT2D eigenvalue weighted by atomic mass is 9.97. The lowest BCUT2D eigenvalue weighted by Crippen LogP contribution is -2.10. The molecule has 4 rings (SSSR count). The van der Waals surface area contributed by atoms with Gasteiger partial charge in [-0.15, -0.1) is 0 Å². The normalized spacial score (nSPS) is 10.7. The number of ether oxygens (including phenoxy) is 6. The summed E-state index contributed by atoms with van der Waals surface area (Å²) in [6, 6.07) is 10.6. The molecule has 4 aromatic rings. The van der Waals surface area contributed by atoms with Gasteiger partial charge in [-0.1, -0.05) is 0 Å². The Hall–Kier alpha value is -4.86. The maximum atomic E-state index is 13.4. The molecule has 0 fully saturated rings. The zero-order chi connectivity index (χ0) is 28.8. The van der Waals surface area contributed by atoms with E-state index in [1.54, 1.807) is 91.1 Å². The molecule has 0 saturated heterocycles. The van der Waals surface area contributed by atoms with Crippen LogP contribution in [0.5, 0.6) is 23.0 Å². The number of rotatable bonds is 11. The summed E-state index contributed by atoms with van der Waals surface area (Å²) in [4.78, 5) is 33.1. The number of nitrogens with one attached hydrogen (secondary N) is 2. The summed E-state index contributed by atoms with van der Waals surface area (Å²) in [6.07, 6.45) is 3.36. The van der Waals surface area contributed by atoms with Crippen molar-refractivity contribution in [2.75, 3.05) is 41.7 Å². The Labute approximate surface area is 232 Å². The lowest BCUT2D eigenvalue weighted by molar-refractivity contribution is 0.0516. The lowest BCUT2D eigenvalue weighted by Gasteiger charge is -2.12. The molecule has 10 nitrogen and oxygen atoms in total. The molecule has 0 saturated carbocycles. The van der Waals surface area contributed by atoms with Crippen molar-refractivity contribution in [3.63, 3.8) is 0 Å². The van der Waals surface area contributed by atoms with E-state index < -0.39 is 11.9 Å². The van der Waals surface area contributed by atoms with Gasteiger partial charge < -0.3 is 38.4 Å². The molecule has 2 aromatic carbocycles. The molecular weight excluding hydrogens is 516 g/mol. The smallest absolute Gasteiger partial charge is 0.341 e. The van der Waals surface area contributed by atoms with Gasteiger partial charge in [0.1, 0.15) is 23.0 Å². The van der Waals surface area contributed by atoms with E-state index >= 15 is 0 Å². The summed E-state index contributed by atoms with van der Waals surface area (Å²) in [6.45, 7) is 3.78. The molecule has 40 heavy (non-hydrogen) atoms. The maximum Gasteiger partial charge on any atom is 0.341 e. The number of carbonyl (C=O) groups excluding carboxylic acids is 2. The number of hydrogen-bond donors (Lipinski definition) is 2. The van der Waals surface area contributed by atoms with E-state index in [0.29, 0.717) is 56.6 Å². The van der Waals surface area contributed by atoms with Crippen LogP contribution in [0.1, 0.15) is 34.6 Å². The molecule has 0 aliphatic heterocycles. The van der Waals surface area contributed by atoms with Crippen molar-refractivity contribution in [2.24, 2.45) is 0 Å². The quantitative estimate of drug-likeness (QED) is 0.228. The Morgan fingerprint density at radius 1 is 0.575 bits per heavy atom. The monoisotopic (exact) mass is 548 g/mol. The first-order chi connectivity index (χ1) is 19.4. The van der Waals surface area contributed by atoms with Crippen LogP contribution in [0, 0.1) is 0 Å². The average Bonchev–Trinajstić information content (AvgIpc) is 3.62. The van der Waals surface area contributed by atoms with Crippen molar-refractivity contribution in [2.45, 2.75) is 13.8 Å². The second kappa shape index (κ2) is 12.3. The highest BCUT2D eigenvalue weighted by Gasteiger charge is 2.29. The summed E-state index contributed by atoms with van der Waals surface area (Å²) in [5.74, 6) is 1.07. The van der Waals surface area contributed by atoms with Crippen molar-refractivity contribution < 1.29 is 38.0 Å². The van der Waals surface area contributed by atoms with Gasteiger partial charge in [0, 0.05) is 35.7 Å². The van der Waals surface area contributed by atoms with E-state index in [0.717, 1.165) is 0 Å². The zero-order valence-electron chi connectivity index (χ0n) is 23.3. The molecule has 210 valence electrons.